The van der Waals surface area contributed by atoms with Gasteiger partial charge in [-0.3, -0.25) is 4.79 Å². The summed E-state index contributed by atoms with van der Waals surface area (Å²) in [5.41, 5.74) is 0. The van der Waals surface area contributed by atoms with E-state index in [1.54, 1.807) is 0 Å². The predicted molar refractivity (Wildman–Crippen MR) is 40.2 cm³/mol. The van der Waals surface area contributed by atoms with Crippen molar-refractivity contribution in [3.05, 3.63) is 0 Å². The predicted octanol–water partition coefficient (Wildman–Crippen LogP) is 0.974. The van der Waals surface area contributed by atoms with E-state index < -0.39 is 0 Å². The van der Waals surface area contributed by atoms with Crippen LogP contribution in [-0.4, -0.2) is 25.8 Å². The third-order valence-electron chi connectivity index (χ3n) is 2.03. The largest absolute Gasteiger partial charge is 0.469 e. The highest BCUT2D eigenvalue weighted by atomic mass is 16.6. The molecule has 3 heteroatoms. The average Bonchev–Trinajstić information content (AvgIpc) is 2.81. The van der Waals surface area contributed by atoms with E-state index in [9.17, 15) is 4.79 Å². The summed E-state index contributed by atoms with van der Waals surface area (Å²) in [5.74, 6) is 0.367. The lowest BCUT2D eigenvalue weighted by Gasteiger charge is -2.05. The van der Waals surface area contributed by atoms with Gasteiger partial charge in [-0.05, 0) is 12.3 Å². The van der Waals surface area contributed by atoms with Gasteiger partial charge in [-0.1, -0.05) is 6.92 Å². The van der Waals surface area contributed by atoms with E-state index >= 15 is 0 Å². The molecule has 0 spiro atoms. The Morgan fingerprint density at radius 1 is 1.82 bits per heavy atom. The minimum absolute atomic E-state index is 0.127. The molecule has 1 fully saturated rings. The number of epoxide rings is 1. The fourth-order valence-corrected chi connectivity index (χ4v) is 1.02. The van der Waals surface area contributed by atoms with Gasteiger partial charge in [0.2, 0.25) is 0 Å². The molecular weight excluding hydrogens is 144 g/mol. The molecule has 0 aromatic rings. The molecule has 1 unspecified atom stereocenters. The third kappa shape index (κ3) is 2.89. The number of esters is 1. The molecule has 0 bridgehead atoms. The van der Waals surface area contributed by atoms with Crippen molar-refractivity contribution < 1.29 is 14.3 Å². The normalized spacial score (nSPS) is 24.4. The van der Waals surface area contributed by atoms with Crippen LogP contribution in [0.4, 0.5) is 0 Å². The molecule has 0 aromatic heterocycles. The topological polar surface area (TPSA) is 38.8 Å². The first-order valence-corrected chi connectivity index (χ1v) is 3.92. The van der Waals surface area contributed by atoms with Crippen LogP contribution in [0, 0.1) is 5.92 Å². The second-order valence-electron chi connectivity index (χ2n) is 2.96. The van der Waals surface area contributed by atoms with Crippen LogP contribution in [0.3, 0.4) is 0 Å². The lowest BCUT2D eigenvalue weighted by Crippen LogP contribution is -2.08. The number of methoxy groups -OCH3 is 1. The van der Waals surface area contributed by atoms with Gasteiger partial charge in [-0.2, -0.15) is 0 Å². The monoisotopic (exact) mass is 158 g/mol. The van der Waals surface area contributed by atoms with E-state index in [0.717, 1.165) is 13.0 Å². The van der Waals surface area contributed by atoms with Gasteiger partial charge in [0.1, 0.15) is 0 Å². The van der Waals surface area contributed by atoms with E-state index in [4.69, 9.17) is 4.74 Å². The van der Waals surface area contributed by atoms with Crippen LogP contribution in [0.2, 0.25) is 0 Å². The molecule has 0 amide bonds. The number of carbonyl (C=O) groups excluding carboxylic acids is 1. The zero-order valence-corrected chi connectivity index (χ0v) is 7.00. The van der Waals surface area contributed by atoms with Gasteiger partial charge in [0, 0.05) is 6.42 Å². The molecular formula is C8H14O3. The second-order valence-corrected chi connectivity index (χ2v) is 2.96. The first-order chi connectivity index (χ1) is 5.24. The molecule has 1 aliphatic rings. The van der Waals surface area contributed by atoms with Gasteiger partial charge in [0.15, 0.2) is 0 Å². The summed E-state index contributed by atoms with van der Waals surface area (Å²) in [6.45, 7) is 2.96. The summed E-state index contributed by atoms with van der Waals surface area (Å²) in [4.78, 5) is 10.7. The quantitative estimate of drug-likeness (QED) is 0.452. The summed E-state index contributed by atoms with van der Waals surface area (Å²) in [5, 5.41) is 0. The van der Waals surface area contributed by atoms with Gasteiger partial charge in [-0.25, -0.2) is 0 Å². The Balaban J connectivity index is 2.05. The maximum absolute atomic E-state index is 10.7. The Labute approximate surface area is 66.7 Å². The number of carbonyl (C=O) groups is 1. The van der Waals surface area contributed by atoms with Crippen LogP contribution in [0.1, 0.15) is 19.8 Å². The van der Waals surface area contributed by atoms with E-state index in [1.165, 1.54) is 7.11 Å². The molecule has 64 valence electrons. The first-order valence-electron chi connectivity index (χ1n) is 3.92. The van der Waals surface area contributed by atoms with Crippen LogP contribution in [0.15, 0.2) is 0 Å². The molecule has 0 saturated carbocycles. The van der Waals surface area contributed by atoms with Crippen molar-refractivity contribution in [2.75, 3.05) is 13.7 Å². The van der Waals surface area contributed by atoms with Crippen molar-refractivity contribution in [1.29, 1.82) is 0 Å². The molecule has 1 heterocycles. The summed E-state index contributed by atoms with van der Waals surface area (Å²) in [7, 11) is 1.42. The lowest BCUT2D eigenvalue weighted by atomic mass is 10.0. The number of hydrogen-bond donors (Lipinski definition) is 0. The molecule has 0 aliphatic carbocycles. The Morgan fingerprint density at radius 3 is 2.91 bits per heavy atom. The number of ether oxygens (including phenoxy) is 2. The third-order valence-corrected chi connectivity index (χ3v) is 2.03. The average molecular weight is 158 g/mol. The molecule has 3 nitrogen and oxygen atoms in total. The van der Waals surface area contributed by atoms with Crippen molar-refractivity contribution in [1.82, 2.24) is 0 Å². The lowest BCUT2D eigenvalue weighted by molar-refractivity contribution is -0.140. The van der Waals surface area contributed by atoms with E-state index in [1.807, 2.05) is 0 Å². The maximum Gasteiger partial charge on any atom is 0.305 e. The summed E-state index contributed by atoms with van der Waals surface area (Å²) >= 11 is 0. The van der Waals surface area contributed by atoms with Gasteiger partial charge < -0.3 is 9.47 Å². The van der Waals surface area contributed by atoms with Gasteiger partial charge >= 0.3 is 5.97 Å². The highest BCUT2D eigenvalue weighted by Crippen LogP contribution is 2.23. The Bertz CT molecular complexity index is 140. The standard InChI is InChI=1S/C8H14O3/c1-6(7-5-11-7)3-4-8(9)10-2/h6-7H,3-5H2,1-2H3/t6-,7?/m1/s1. The van der Waals surface area contributed by atoms with Crippen molar-refractivity contribution in [3.8, 4) is 0 Å². The SMILES string of the molecule is COC(=O)CC[C@@H](C)C1CO1. The molecule has 1 saturated heterocycles. The summed E-state index contributed by atoms with van der Waals surface area (Å²) in [6.07, 6.45) is 1.79. The zero-order valence-electron chi connectivity index (χ0n) is 7.00. The maximum atomic E-state index is 10.7. The van der Waals surface area contributed by atoms with Crippen molar-refractivity contribution in [3.63, 3.8) is 0 Å². The highest BCUT2D eigenvalue weighted by Gasteiger charge is 2.29. The minimum Gasteiger partial charge on any atom is -0.469 e. The zero-order chi connectivity index (χ0) is 8.27. The molecule has 1 rings (SSSR count). The van der Waals surface area contributed by atoms with Gasteiger partial charge in [0.25, 0.3) is 0 Å². The Morgan fingerprint density at radius 2 is 2.45 bits per heavy atom. The van der Waals surface area contributed by atoms with Crippen LogP contribution in [-0.2, 0) is 14.3 Å². The van der Waals surface area contributed by atoms with Gasteiger partial charge in [0.05, 0.1) is 19.8 Å². The van der Waals surface area contributed by atoms with E-state index in [2.05, 4.69) is 11.7 Å². The van der Waals surface area contributed by atoms with Crippen LogP contribution >= 0.6 is 0 Å². The van der Waals surface area contributed by atoms with Crippen LogP contribution in [0.5, 0.6) is 0 Å². The Hall–Kier alpha value is -0.570. The minimum atomic E-state index is -0.127. The first kappa shape index (κ1) is 8.53. The molecule has 2 atom stereocenters. The number of hydrogen-bond acceptors (Lipinski definition) is 3. The van der Waals surface area contributed by atoms with E-state index in [-0.39, 0.29) is 5.97 Å². The van der Waals surface area contributed by atoms with Gasteiger partial charge in [-0.15, -0.1) is 0 Å². The summed E-state index contributed by atoms with van der Waals surface area (Å²) < 4.78 is 9.61. The van der Waals surface area contributed by atoms with E-state index in [0.29, 0.717) is 18.4 Å². The highest BCUT2D eigenvalue weighted by molar-refractivity contribution is 5.69. The van der Waals surface area contributed by atoms with Crippen molar-refractivity contribution >= 4 is 5.97 Å². The number of rotatable bonds is 4. The Kier molecular flexibility index (Phi) is 2.88. The second kappa shape index (κ2) is 3.72. The molecule has 0 aromatic carbocycles. The molecule has 1 aliphatic heterocycles. The molecule has 0 N–H and O–H groups in total. The molecule has 11 heavy (non-hydrogen) atoms. The smallest absolute Gasteiger partial charge is 0.305 e. The van der Waals surface area contributed by atoms with Crippen molar-refractivity contribution in [2.45, 2.75) is 25.9 Å². The van der Waals surface area contributed by atoms with Crippen molar-refractivity contribution in [2.24, 2.45) is 5.92 Å². The molecule has 0 radical (unpaired) electrons. The fraction of sp³-hybridized carbons (Fsp3) is 0.875. The fourth-order valence-electron chi connectivity index (χ4n) is 1.02. The van der Waals surface area contributed by atoms with Crippen LogP contribution < -0.4 is 0 Å². The van der Waals surface area contributed by atoms with Crippen LogP contribution in [0.25, 0.3) is 0 Å². The summed E-state index contributed by atoms with van der Waals surface area (Å²) in [6, 6.07) is 0.